The van der Waals surface area contributed by atoms with Crippen LogP contribution in [0.1, 0.15) is 17.3 Å². The maximum atomic E-state index is 11.4. The summed E-state index contributed by atoms with van der Waals surface area (Å²) in [5, 5.41) is 0.544. The summed E-state index contributed by atoms with van der Waals surface area (Å²) < 4.78 is 6.54. The fourth-order valence-electron chi connectivity index (χ4n) is 0.888. The van der Waals surface area contributed by atoms with E-state index in [1.165, 1.54) is 0 Å². The molecular weight excluding hydrogens is 382 g/mol. The van der Waals surface area contributed by atoms with E-state index in [4.69, 9.17) is 16.3 Å². The maximum absolute atomic E-state index is 11.4. The van der Waals surface area contributed by atoms with Gasteiger partial charge in [-0.1, -0.05) is 11.6 Å². The molecule has 0 N–H and O–H groups in total. The first-order chi connectivity index (χ1) is 6.56. The minimum atomic E-state index is -0.355. The summed E-state index contributed by atoms with van der Waals surface area (Å²) in [5.74, 6) is -0.355. The van der Waals surface area contributed by atoms with E-state index in [1.54, 1.807) is 19.1 Å². The van der Waals surface area contributed by atoms with Crippen molar-refractivity contribution in [3.8, 4) is 0 Å². The summed E-state index contributed by atoms with van der Waals surface area (Å²) in [4.78, 5) is 11.4. The summed E-state index contributed by atoms with van der Waals surface area (Å²) in [7, 11) is 0. The van der Waals surface area contributed by atoms with E-state index < -0.39 is 0 Å². The molecule has 0 bridgehead atoms. The van der Waals surface area contributed by atoms with Gasteiger partial charge in [-0.15, -0.1) is 0 Å². The Morgan fingerprint density at radius 1 is 1.64 bits per heavy atom. The van der Waals surface area contributed by atoms with E-state index >= 15 is 0 Å². The Bertz CT molecular complexity index is 345. The van der Waals surface area contributed by atoms with Gasteiger partial charge < -0.3 is 4.74 Å². The minimum Gasteiger partial charge on any atom is -0.462 e. The average molecular weight is 389 g/mol. The molecule has 0 aliphatic rings. The number of hydrogen-bond donors (Lipinski definition) is 0. The first-order valence-electron chi connectivity index (χ1n) is 3.88. The van der Waals surface area contributed by atoms with Gasteiger partial charge in [0, 0.05) is 8.04 Å². The van der Waals surface area contributed by atoms with Gasteiger partial charge in [0.25, 0.3) is 0 Å². The van der Waals surface area contributed by atoms with Gasteiger partial charge in [0.15, 0.2) is 0 Å². The van der Waals surface area contributed by atoms with Gasteiger partial charge in [0.2, 0.25) is 0 Å². The summed E-state index contributed by atoms with van der Waals surface area (Å²) >= 11 is 11.3. The molecule has 0 unspecified atom stereocenters. The van der Waals surface area contributed by atoms with Gasteiger partial charge in [0.1, 0.15) is 0 Å². The van der Waals surface area contributed by atoms with Crippen LogP contribution in [0.15, 0.2) is 16.6 Å². The number of carbonyl (C=O) groups excluding carboxylic acids is 1. The highest BCUT2D eigenvalue weighted by Gasteiger charge is 2.11. The van der Waals surface area contributed by atoms with Gasteiger partial charge in [0.05, 0.1) is 17.2 Å². The zero-order chi connectivity index (χ0) is 10.7. The van der Waals surface area contributed by atoms with E-state index in [9.17, 15) is 4.79 Å². The van der Waals surface area contributed by atoms with E-state index in [0.717, 1.165) is 8.04 Å². The molecule has 0 atom stereocenters. The molecule has 0 radical (unpaired) electrons. The van der Waals surface area contributed by atoms with Crippen molar-refractivity contribution in [2.45, 2.75) is 6.92 Å². The molecule has 0 fully saturated rings. The molecule has 76 valence electrons. The molecule has 0 amide bonds. The summed E-state index contributed by atoms with van der Waals surface area (Å²) in [6.45, 7) is 2.13. The Kier molecular flexibility index (Phi) is 4.66. The molecule has 2 nitrogen and oxygen atoms in total. The summed E-state index contributed by atoms with van der Waals surface area (Å²) in [6, 6.07) is 3.30. The standard InChI is InChI=1S/C9H7BrClIO2/c1-2-14-9(13)5-3-6(10)8(12)7(11)4-5/h3-4H,2H2,1H3. The Labute approximate surface area is 109 Å². The Hall–Kier alpha value is 0.190. The number of carbonyl (C=O) groups is 1. The topological polar surface area (TPSA) is 26.3 Å². The first kappa shape index (κ1) is 12.3. The lowest BCUT2D eigenvalue weighted by atomic mass is 10.2. The van der Waals surface area contributed by atoms with E-state index in [-0.39, 0.29) is 5.97 Å². The van der Waals surface area contributed by atoms with Crippen LogP contribution in [0, 0.1) is 3.57 Å². The molecular formula is C9H7BrClIO2. The van der Waals surface area contributed by atoms with Gasteiger partial charge in [-0.25, -0.2) is 4.79 Å². The second-order valence-corrected chi connectivity index (χ2v) is 4.81. The quantitative estimate of drug-likeness (QED) is 0.436. The Balaban J connectivity index is 3.06. The van der Waals surface area contributed by atoms with Crippen molar-refractivity contribution in [3.63, 3.8) is 0 Å². The Morgan fingerprint density at radius 2 is 2.29 bits per heavy atom. The number of esters is 1. The van der Waals surface area contributed by atoms with Crippen LogP contribution in [0.3, 0.4) is 0 Å². The third-order valence-electron chi connectivity index (χ3n) is 1.49. The molecule has 1 aromatic carbocycles. The Morgan fingerprint density at radius 3 is 2.79 bits per heavy atom. The fraction of sp³-hybridized carbons (Fsp3) is 0.222. The predicted octanol–water partition coefficient (Wildman–Crippen LogP) is 3.88. The third kappa shape index (κ3) is 2.84. The largest absolute Gasteiger partial charge is 0.462 e. The molecule has 0 aliphatic carbocycles. The zero-order valence-electron chi connectivity index (χ0n) is 7.31. The maximum Gasteiger partial charge on any atom is 0.338 e. The van der Waals surface area contributed by atoms with E-state index in [0.29, 0.717) is 17.2 Å². The molecule has 0 aromatic heterocycles. The molecule has 14 heavy (non-hydrogen) atoms. The van der Waals surface area contributed by atoms with Crippen LogP contribution in [-0.2, 0) is 4.74 Å². The zero-order valence-corrected chi connectivity index (χ0v) is 11.8. The third-order valence-corrected chi connectivity index (χ3v) is 4.64. The highest BCUT2D eigenvalue weighted by Crippen LogP contribution is 2.28. The SMILES string of the molecule is CCOC(=O)c1cc(Cl)c(I)c(Br)c1. The molecule has 0 heterocycles. The second kappa shape index (κ2) is 5.32. The summed E-state index contributed by atoms with van der Waals surface area (Å²) in [6.07, 6.45) is 0. The number of ether oxygens (including phenoxy) is 1. The molecule has 0 saturated heterocycles. The monoisotopic (exact) mass is 388 g/mol. The van der Waals surface area contributed by atoms with Crippen molar-refractivity contribution < 1.29 is 9.53 Å². The number of benzene rings is 1. The highest BCUT2D eigenvalue weighted by atomic mass is 127. The normalized spacial score (nSPS) is 10.0. The van der Waals surface area contributed by atoms with Crippen LogP contribution in [0.5, 0.6) is 0 Å². The lowest BCUT2D eigenvalue weighted by Gasteiger charge is -2.05. The lowest BCUT2D eigenvalue weighted by molar-refractivity contribution is 0.0526. The number of hydrogen-bond acceptors (Lipinski definition) is 2. The molecule has 0 saturated carbocycles. The van der Waals surface area contributed by atoms with Gasteiger partial charge in [-0.2, -0.15) is 0 Å². The van der Waals surface area contributed by atoms with Gasteiger partial charge in [-0.3, -0.25) is 0 Å². The minimum absolute atomic E-state index is 0.355. The molecule has 1 aromatic rings. The first-order valence-corrected chi connectivity index (χ1v) is 6.13. The van der Waals surface area contributed by atoms with Crippen LogP contribution in [0.25, 0.3) is 0 Å². The predicted molar refractivity (Wildman–Crippen MR) is 67.8 cm³/mol. The van der Waals surface area contributed by atoms with E-state index in [1.807, 2.05) is 0 Å². The van der Waals surface area contributed by atoms with Crippen molar-refractivity contribution in [1.29, 1.82) is 0 Å². The van der Waals surface area contributed by atoms with Gasteiger partial charge >= 0.3 is 5.97 Å². The van der Waals surface area contributed by atoms with Crippen LogP contribution in [0.2, 0.25) is 5.02 Å². The van der Waals surface area contributed by atoms with Crippen molar-refractivity contribution in [1.82, 2.24) is 0 Å². The van der Waals surface area contributed by atoms with Gasteiger partial charge in [-0.05, 0) is 57.6 Å². The molecule has 5 heteroatoms. The summed E-state index contributed by atoms with van der Waals surface area (Å²) in [5.41, 5.74) is 0.462. The second-order valence-electron chi connectivity index (χ2n) is 2.47. The molecule has 0 spiro atoms. The van der Waals surface area contributed by atoms with Crippen molar-refractivity contribution in [2.24, 2.45) is 0 Å². The number of rotatable bonds is 2. The van der Waals surface area contributed by atoms with Crippen LogP contribution in [-0.4, -0.2) is 12.6 Å². The van der Waals surface area contributed by atoms with E-state index in [2.05, 4.69) is 38.5 Å². The molecule has 1 rings (SSSR count). The van der Waals surface area contributed by atoms with Crippen LogP contribution < -0.4 is 0 Å². The fourth-order valence-corrected chi connectivity index (χ4v) is 1.99. The number of halogens is 3. The van der Waals surface area contributed by atoms with Crippen molar-refractivity contribution in [2.75, 3.05) is 6.61 Å². The average Bonchev–Trinajstić information content (AvgIpc) is 2.13. The van der Waals surface area contributed by atoms with Crippen molar-refractivity contribution >= 4 is 56.1 Å². The highest BCUT2D eigenvalue weighted by molar-refractivity contribution is 14.1. The lowest BCUT2D eigenvalue weighted by Crippen LogP contribution is -2.04. The van der Waals surface area contributed by atoms with Crippen LogP contribution in [0.4, 0.5) is 0 Å². The molecule has 0 aliphatic heterocycles. The smallest absolute Gasteiger partial charge is 0.338 e. The van der Waals surface area contributed by atoms with Crippen molar-refractivity contribution in [3.05, 3.63) is 30.8 Å². The van der Waals surface area contributed by atoms with Crippen LogP contribution >= 0.6 is 50.1 Å².